The van der Waals surface area contributed by atoms with Gasteiger partial charge in [0.15, 0.2) is 0 Å². The van der Waals surface area contributed by atoms with Crippen molar-refractivity contribution in [2.45, 2.75) is 12.0 Å². The molecule has 0 rings (SSSR count). The van der Waals surface area contributed by atoms with Gasteiger partial charge in [0, 0.05) is 6.54 Å². The average molecular weight is 259 g/mol. The van der Waals surface area contributed by atoms with Crippen LogP contribution in [0.1, 0.15) is 6.42 Å². The third kappa shape index (κ3) is 4.70. The molecule has 0 aromatic heterocycles. The van der Waals surface area contributed by atoms with Gasteiger partial charge >= 0.3 is 0 Å². The highest BCUT2D eigenvalue weighted by Gasteiger charge is 2.34. The minimum absolute atomic E-state index is 0.100. The lowest BCUT2D eigenvalue weighted by atomic mass is 10.0. The van der Waals surface area contributed by atoms with E-state index in [0.717, 1.165) is 0 Å². The van der Waals surface area contributed by atoms with Crippen molar-refractivity contribution in [3.8, 4) is 0 Å². The molecule has 5 N–H and O–H groups in total. The van der Waals surface area contributed by atoms with Crippen LogP contribution in [0.25, 0.3) is 0 Å². The van der Waals surface area contributed by atoms with E-state index in [-0.39, 0.29) is 13.0 Å². The highest BCUT2D eigenvalue weighted by atomic mass is 32.2. The minimum atomic E-state index is -4.11. The van der Waals surface area contributed by atoms with E-state index < -0.39 is 41.2 Å². The summed E-state index contributed by atoms with van der Waals surface area (Å²) in [6.07, 6.45) is -0.100. The van der Waals surface area contributed by atoms with Gasteiger partial charge in [0.25, 0.3) is 10.1 Å². The summed E-state index contributed by atoms with van der Waals surface area (Å²) in [5, 5.41) is 36.7. The van der Waals surface area contributed by atoms with Gasteiger partial charge in [0.1, 0.15) is 5.54 Å². The monoisotopic (exact) mass is 259 g/mol. The molecule has 16 heavy (non-hydrogen) atoms. The first-order valence-corrected chi connectivity index (χ1v) is 6.16. The van der Waals surface area contributed by atoms with Crippen molar-refractivity contribution in [1.29, 1.82) is 0 Å². The molecule has 0 aromatic carbocycles. The van der Waals surface area contributed by atoms with Crippen molar-refractivity contribution in [1.82, 2.24) is 5.06 Å². The Balaban J connectivity index is 4.27. The maximum Gasteiger partial charge on any atom is 0.264 e. The van der Waals surface area contributed by atoms with Gasteiger partial charge in [-0.3, -0.25) is 4.55 Å². The lowest BCUT2D eigenvalue weighted by Gasteiger charge is -2.35. The van der Waals surface area contributed by atoms with Gasteiger partial charge in [0.05, 0.1) is 25.6 Å². The van der Waals surface area contributed by atoms with Crippen LogP contribution in [0.3, 0.4) is 0 Å². The van der Waals surface area contributed by atoms with Crippen LogP contribution in [0.5, 0.6) is 0 Å². The van der Waals surface area contributed by atoms with Gasteiger partial charge in [-0.15, -0.1) is 0 Å². The van der Waals surface area contributed by atoms with Crippen LogP contribution in [-0.4, -0.2) is 76.2 Å². The Labute approximate surface area is 93.4 Å². The van der Waals surface area contributed by atoms with Crippen molar-refractivity contribution in [2.24, 2.45) is 0 Å². The van der Waals surface area contributed by atoms with Gasteiger partial charge in [-0.05, 0) is 6.42 Å². The topological polar surface area (TPSA) is 139 Å². The van der Waals surface area contributed by atoms with Gasteiger partial charge < -0.3 is 20.5 Å². The second-order valence-corrected chi connectivity index (χ2v) is 5.03. The van der Waals surface area contributed by atoms with Crippen molar-refractivity contribution in [2.75, 3.05) is 32.1 Å². The Morgan fingerprint density at radius 1 is 1.06 bits per heavy atom. The van der Waals surface area contributed by atoms with E-state index in [2.05, 4.69) is 0 Å². The van der Waals surface area contributed by atoms with E-state index >= 15 is 0 Å². The maximum atomic E-state index is 10.4. The molecule has 0 radical (unpaired) electrons. The zero-order valence-corrected chi connectivity index (χ0v) is 9.47. The molecule has 0 bridgehead atoms. The van der Waals surface area contributed by atoms with E-state index in [1.165, 1.54) is 0 Å². The lowest BCUT2D eigenvalue weighted by Crippen LogP contribution is -2.56. The number of aliphatic hydroxyl groups excluding tert-OH is 3. The summed E-state index contributed by atoms with van der Waals surface area (Å²) in [4.78, 5) is 0. The fourth-order valence-electron chi connectivity index (χ4n) is 1.03. The van der Waals surface area contributed by atoms with Crippen LogP contribution in [-0.2, 0) is 10.1 Å². The molecule has 0 saturated carbocycles. The summed E-state index contributed by atoms with van der Waals surface area (Å²) in [5.41, 5.74) is -1.61. The fraction of sp³-hybridized carbons (Fsp3) is 1.00. The van der Waals surface area contributed by atoms with Gasteiger partial charge in [-0.25, -0.2) is 0 Å². The molecule has 0 aliphatic heterocycles. The lowest BCUT2D eigenvalue weighted by molar-refractivity contribution is -0.211. The Hall–Kier alpha value is -0.290. The largest absolute Gasteiger partial charge is 0.394 e. The predicted octanol–water partition coefficient (Wildman–Crippen LogP) is -2.33. The molecule has 0 unspecified atom stereocenters. The second-order valence-electron chi connectivity index (χ2n) is 3.46. The summed E-state index contributed by atoms with van der Waals surface area (Å²) in [6, 6.07) is 0. The van der Waals surface area contributed by atoms with Crippen LogP contribution in [0, 0.1) is 0 Å². The predicted molar refractivity (Wildman–Crippen MR) is 53.5 cm³/mol. The molecule has 0 spiro atoms. The number of rotatable bonds is 8. The summed E-state index contributed by atoms with van der Waals surface area (Å²) in [6.45, 7) is -2.30. The van der Waals surface area contributed by atoms with Crippen LogP contribution >= 0.6 is 0 Å². The SMILES string of the molecule is O=S(=O)(O)CCCN(O)C(CO)(CO)CO. The molecule has 0 heterocycles. The first kappa shape index (κ1) is 15.7. The second kappa shape index (κ2) is 6.45. The smallest absolute Gasteiger partial charge is 0.264 e. The van der Waals surface area contributed by atoms with Crippen LogP contribution in [0.15, 0.2) is 0 Å². The van der Waals surface area contributed by atoms with Crippen molar-refractivity contribution in [3.05, 3.63) is 0 Å². The number of hydrogen-bond acceptors (Lipinski definition) is 7. The zero-order valence-electron chi connectivity index (χ0n) is 8.65. The third-order valence-corrected chi connectivity index (χ3v) is 3.01. The van der Waals surface area contributed by atoms with Crippen molar-refractivity contribution < 1.29 is 33.5 Å². The van der Waals surface area contributed by atoms with Gasteiger partial charge in [0.2, 0.25) is 0 Å². The van der Waals surface area contributed by atoms with Gasteiger partial charge in [-0.1, -0.05) is 0 Å². The molecule has 0 atom stereocenters. The molecule has 0 saturated heterocycles. The summed E-state index contributed by atoms with van der Waals surface area (Å²) in [5.74, 6) is -0.553. The van der Waals surface area contributed by atoms with E-state index in [9.17, 15) is 13.6 Å². The quantitative estimate of drug-likeness (QED) is 0.242. The van der Waals surface area contributed by atoms with E-state index in [0.29, 0.717) is 5.06 Å². The van der Waals surface area contributed by atoms with E-state index in [4.69, 9.17) is 19.9 Å². The molecular weight excluding hydrogens is 242 g/mol. The molecule has 98 valence electrons. The van der Waals surface area contributed by atoms with Crippen molar-refractivity contribution in [3.63, 3.8) is 0 Å². The van der Waals surface area contributed by atoms with Crippen LogP contribution in [0.2, 0.25) is 0 Å². The molecule has 0 aromatic rings. The number of nitrogens with zero attached hydrogens (tertiary/aromatic N) is 1. The first-order chi connectivity index (χ1) is 7.31. The van der Waals surface area contributed by atoms with E-state index in [1.54, 1.807) is 0 Å². The zero-order chi connectivity index (χ0) is 12.8. The Kier molecular flexibility index (Phi) is 6.33. The number of hydroxylamine groups is 2. The normalized spacial score (nSPS) is 13.4. The van der Waals surface area contributed by atoms with Crippen molar-refractivity contribution >= 4 is 10.1 Å². The Morgan fingerprint density at radius 3 is 1.81 bits per heavy atom. The average Bonchev–Trinajstić information content (AvgIpc) is 2.19. The van der Waals surface area contributed by atoms with Crippen LogP contribution in [0.4, 0.5) is 0 Å². The number of hydrogen-bond donors (Lipinski definition) is 5. The summed E-state index contributed by atoms with van der Waals surface area (Å²) >= 11 is 0. The molecule has 9 heteroatoms. The highest BCUT2D eigenvalue weighted by Crippen LogP contribution is 2.12. The van der Waals surface area contributed by atoms with Crippen LogP contribution < -0.4 is 0 Å². The fourth-order valence-corrected chi connectivity index (χ4v) is 1.52. The Bertz CT molecular complexity index is 279. The van der Waals surface area contributed by atoms with E-state index in [1.807, 2.05) is 0 Å². The molecule has 0 amide bonds. The Morgan fingerprint density at radius 2 is 1.50 bits per heavy atom. The van der Waals surface area contributed by atoms with Gasteiger partial charge in [-0.2, -0.15) is 13.5 Å². The first-order valence-electron chi connectivity index (χ1n) is 4.55. The highest BCUT2D eigenvalue weighted by molar-refractivity contribution is 7.85. The number of aliphatic hydroxyl groups is 3. The maximum absolute atomic E-state index is 10.4. The molecular formula is C7H17NO7S. The molecule has 0 aliphatic carbocycles. The standard InChI is InChI=1S/C7H17NO7S/c9-4-7(5-10,6-11)8(12)2-1-3-16(13,14)15/h9-12H,1-6H2,(H,13,14,15). The molecule has 0 fully saturated rings. The molecule has 0 aliphatic rings. The molecule has 8 nitrogen and oxygen atoms in total. The summed E-state index contributed by atoms with van der Waals surface area (Å²) in [7, 11) is -4.11. The third-order valence-electron chi connectivity index (χ3n) is 2.20. The summed E-state index contributed by atoms with van der Waals surface area (Å²) < 4.78 is 29.2. The minimum Gasteiger partial charge on any atom is -0.394 e.